The highest BCUT2D eigenvalue weighted by atomic mass is 16.6. The van der Waals surface area contributed by atoms with Crippen molar-refractivity contribution in [1.82, 2.24) is 10.1 Å². The Balaban J connectivity index is 2.14. The molecule has 0 aliphatic carbocycles. The fraction of sp³-hybridized carbons (Fsp3) is 0.267. The lowest BCUT2D eigenvalue weighted by molar-refractivity contribution is -0.384. The zero-order chi connectivity index (χ0) is 17.7. The van der Waals surface area contributed by atoms with Crippen molar-refractivity contribution < 1.29 is 19.0 Å². The quantitative estimate of drug-likeness (QED) is 0.639. The van der Waals surface area contributed by atoms with Gasteiger partial charge >= 0.3 is 0 Å². The molecule has 2 rings (SSSR count). The highest BCUT2D eigenvalue weighted by Gasteiger charge is 2.23. The summed E-state index contributed by atoms with van der Waals surface area (Å²) in [5.74, 6) is -0.674. The third kappa shape index (κ3) is 4.15. The van der Waals surface area contributed by atoms with Gasteiger partial charge in [0.2, 0.25) is 5.91 Å². The van der Waals surface area contributed by atoms with Crippen molar-refractivity contribution >= 4 is 23.3 Å². The Morgan fingerprint density at radius 1 is 1.38 bits per heavy atom. The van der Waals surface area contributed by atoms with Crippen molar-refractivity contribution in [3.8, 4) is 0 Å². The summed E-state index contributed by atoms with van der Waals surface area (Å²) < 4.78 is 4.61. The highest BCUT2D eigenvalue weighted by Crippen LogP contribution is 2.16. The van der Waals surface area contributed by atoms with E-state index in [0.717, 1.165) is 0 Å². The standard InChI is InChI=1S/C15H16N4O5/c1-10(2)18(9-14(20)16-13-6-7-24-17-13)15(21)11-4-3-5-12(8-11)19(22)23/h3-8,10H,9H2,1-2H3,(H,16,17,20). The summed E-state index contributed by atoms with van der Waals surface area (Å²) in [7, 11) is 0. The van der Waals surface area contributed by atoms with Gasteiger partial charge in [0.25, 0.3) is 11.6 Å². The van der Waals surface area contributed by atoms with Crippen LogP contribution in [0.3, 0.4) is 0 Å². The van der Waals surface area contributed by atoms with Crippen LogP contribution in [0.2, 0.25) is 0 Å². The molecule has 0 unspecified atom stereocenters. The number of anilines is 1. The van der Waals surface area contributed by atoms with Crippen molar-refractivity contribution in [1.29, 1.82) is 0 Å². The number of hydrogen-bond donors (Lipinski definition) is 1. The largest absolute Gasteiger partial charge is 0.363 e. The maximum atomic E-state index is 12.6. The Kier molecular flexibility index (Phi) is 5.25. The number of nitrogens with zero attached hydrogens (tertiary/aromatic N) is 3. The van der Waals surface area contributed by atoms with E-state index in [1.54, 1.807) is 13.8 Å². The molecule has 0 bridgehead atoms. The zero-order valence-electron chi connectivity index (χ0n) is 13.1. The summed E-state index contributed by atoms with van der Waals surface area (Å²) in [5.41, 5.74) is -0.0382. The minimum atomic E-state index is -0.576. The lowest BCUT2D eigenvalue weighted by atomic mass is 10.1. The minimum Gasteiger partial charge on any atom is -0.363 e. The number of amides is 2. The van der Waals surface area contributed by atoms with Crippen LogP contribution in [0.4, 0.5) is 11.5 Å². The highest BCUT2D eigenvalue weighted by molar-refractivity contribution is 5.99. The Bertz CT molecular complexity index is 742. The van der Waals surface area contributed by atoms with Crippen LogP contribution < -0.4 is 5.32 Å². The van der Waals surface area contributed by atoms with Crippen LogP contribution in [0.1, 0.15) is 24.2 Å². The maximum absolute atomic E-state index is 12.6. The summed E-state index contributed by atoms with van der Waals surface area (Å²) in [6, 6.07) is 6.58. The van der Waals surface area contributed by atoms with E-state index < -0.39 is 16.7 Å². The molecule has 2 aromatic rings. The molecule has 24 heavy (non-hydrogen) atoms. The van der Waals surface area contributed by atoms with E-state index in [0.29, 0.717) is 0 Å². The summed E-state index contributed by atoms with van der Waals surface area (Å²) >= 11 is 0. The molecule has 1 heterocycles. The molecule has 0 aliphatic rings. The molecular weight excluding hydrogens is 316 g/mol. The van der Waals surface area contributed by atoms with E-state index in [2.05, 4.69) is 15.0 Å². The van der Waals surface area contributed by atoms with Crippen molar-refractivity contribution in [3.63, 3.8) is 0 Å². The van der Waals surface area contributed by atoms with Gasteiger partial charge < -0.3 is 14.7 Å². The third-order valence-corrected chi connectivity index (χ3v) is 3.21. The fourth-order valence-corrected chi connectivity index (χ4v) is 2.02. The van der Waals surface area contributed by atoms with Gasteiger partial charge in [0.05, 0.1) is 4.92 Å². The number of hydrogen-bond acceptors (Lipinski definition) is 6. The van der Waals surface area contributed by atoms with Gasteiger partial charge in [-0.2, -0.15) is 0 Å². The average molecular weight is 332 g/mol. The molecule has 0 spiro atoms. The Labute approximate surface area is 137 Å². The lowest BCUT2D eigenvalue weighted by Gasteiger charge is -2.26. The molecule has 1 aromatic carbocycles. The normalized spacial score (nSPS) is 10.5. The molecule has 126 valence electrons. The molecule has 0 atom stereocenters. The Morgan fingerprint density at radius 3 is 2.71 bits per heavy atom. The Morgan fingerprint density at radius 2 is 2.12 bits per heavy atom. The first-order valence-corrected chi connectivity index (χ1v) is 7.14. The van der Waals surface area contributed by atoms with Crippen LogP contribution in [0.5, 0.6) is 0 Å². The van der Waals surface area contributed by atoms with Crippen LogP contribution in [0.15, 0.2) is 41.1 Å². The molecule has 0 fully saturated rings. The van der Waals surface area contributed by atoms with E-state index in [1.807, 2.05) is 0 Å². The molecule has 1 N–H and O–H groups in total. The first kappa shape index (κ1) is 17.1. The summed E-state index contributed by atoms with van der Waals surface area (Å²) in [4.78, 5) is 36.2. The van der Waals surface area contributed by atoms with Crippen LogP contribution >= 0.6 is 0 Å². The van der Waals surface area contributed by atoms with Crippen LogP contribution in [-0.2, 0) is 4.79 Å². The van der Waals surface area contributed by atoms with Gasteiger partial charge in [-0.15, -0.1) is 0 Å². The van der Waals surface area contributed by atoms with Crippen molar-refractivity contribution in [2.45, 2.75) is 19.9 Å². The molecular formula is C15H16N4O5. The van der Waals surface area contributed by atoms with E-state index in [-0.39, 0.29) is 29.7 Å². The summed E-state index contributed by atoms with van der Waals surface area (Å²) in [5, 5.41) is 16.9. The van der Waals surface area contributed by atoms with Crippen LogP contribution in [0.25, 0.3) is 0 Å². The topological polar surface area (TPSA) is 119 Å². The molecule has 0 saturated carbocycles. The van der Waals surface area contributed by atoms with Gasteiger partial charge in [-0.05, 0) is 19.9 Å². The lowest BCUT2D eigenvalue weighted by Crippen LogP contribution is -2.42. The number of carbonyl (C=O) groups is 2. The number of benzene rings is 1. The first-order chi connectivity index (χ1) is 11.4. The molecule has 9 heteroatoms. The molecule has 1 aromatic heterocycles. The maximum Gasteiger partial charge on any atom is 0.270 e. The van der Waals surface area contributed by atoms with E-state index >= 15 is 0 Å². The number of nitro benzene ring substituents is 1. The van der Waals surface area contributed by atoms with Gasteiger partial charge in [0.15, 0.2) is 5.82 Å². The number of nitrogens with one attached hydrogen (secondary N) is 1. The number of carbonyl (C=O) groups excluding carboxylic acids is 2. The van der Waals surface area contributed by atoms with Crippen molar-refractivity contribution in [2.75, 3.05) is 11.9 Å². The second-order valence-corrected chi connectivity index (χ2v) is 5.27. The smallest absolute Gasteiger partial charge is 0.270 e. The summed E-state index contributed by atoms with van der Waals surface area (Å²) in [6.45, 7) is 3.28. The zero-order valence-corrected chi connectivity index (χ0v) is 13.1. The van der Waals surface area contributed by atoms with Crippen LogP contribution in [0, 0.1) is 10.1 Å². The SMILES string of the molecule is CC(C)N(CC(=O)Nc1ccon1)C(=O)c1cccc([N+](=O)[O-])c1. The van der Waals surface area contributed by atoms with E-state index in [4.69, 9.17) is 0 Å². The van der Waals surface area contributed by atoms with Crippen LogP contribution in [-0.4, -0.2) is 39.4 Å². The van der Waals surface area contributed by atoms with Gasteiger partial charge in [-0.25, -0.2) is 0 Å². The predicted molar refractivity (Wildman–Crippen MR) is 84.4 cm³/mol. The number of rotatable bonds is 6. The average Bonchev–Trinajstić information content (AvgIpc) is 3.04. The summed E-state index contributed by atoms with van der Waals surface area (Å²) in [6.07, 6.45) is 1.31. The fourth-order valence-electron chi connectivity index (χ4n) is 2.02. The van der Waals surface area contributed by atoms with E-state index in [9.17, 15) is 19.7 Å². The van der Waals surface area contributed by atoms with Crippen molar-refractivity contribution in [3.05, 3.63) is 52.3 Å². The molecule has 0 aliphatic heterocycles. The number of nitro groups is 1. The predicted octanol–water partition coefficient (Wildman–Crippen LogP) is 2.07. The van der Waals surface area contributed by atoms with Gasteiger partial charge in [0.1, 0.15) is 12.8 Å². The molecule has 9 nitrogen and oxygen atoms in total. The second-order valence-electron chi connectivity index (χ2n) is 5.27. The molecule has 0 saturated heterocycles. The Hall–Kier alpha value is -3.23. The van der Waals surface area contributed by atoms with Gasteiger partial charge in [0, 0.05) is 29.8 Å². The first-order valence-electron chi connectivity index (χ1n) is 7.14. The van der Waals surface area contributed by atoms with Gasteiger partial charge in [-0.1, -0.05) is 11.2 Å². The third-order valence-electron chi connectivity index (χ3n) is 3.21. The van der Waals surface area contributed by atoms with Crippen molar-refractivity contribution in [2.24, 2.45) is 0 Å². The number of non-ortho nitro benzene ring substituents is 1. The molecule has 0 radical (unpaired) electrons. The van der Waals surface area contributed by atoms with Gasteiger partial charge in [-0.3, -0.25) is 19.7 Å². The molecule has 2 amide bonds. The monoisotopic (exact) mass is 332 g/mol. The minimum absolute atomic E-state index is 0.145. The number of aromatic nitrogens is 1. The second kappa shape index (κ2) is 7.36. The van der Waals surface area contributed by atoms with E-state index in [1.165, 1.54) is 41.5 Å².